The third kappa shape index (κ3) is 30.9. The molecule has 676 valence electrons. The first kappa shape index (κ1) is 98.3. The van der Waals surface area contributed by atoms with E-state index >= 15 is 38.4 Å². The number of hydrogen-bond acceptors (Lipinski definition) is 26. The van der Waals surface area contributed by atoms with Crippen molar-refractivity contribution in [2.24, 2.45) is 58.4 Å². The number of rotatable bonds is 28. The number of benzene rings is 3. The monoisotopic (exact) mass is 1770 g/mol. The predicted octanol–water partition coefficient (Wildman–Crippen LogP) is -0.142. The fraction of sp³-hybridized carbons (Fsp3) is 0.518. The van der Waals surface area contributed by atoms with Crippen LogP contribution < -0.4 is 65.5 Å². The molecule has 0 saturated carbocycles. The first-order valence-electron chi connectivity index (χ1n) is 41.3. The van der Waals surface area contributed by atoms with Crippen LogP contribution in [-0.4, -0.2) is 242 Å². The van der Waals surface area contributed by atoms with Gasteiger partial charge in [0.2, 0.25) is 47.3 Å². The number of carbonyl (C=O) groups is 17. The number of phenolic OH excluding ortho intramolecular Hbond substituents is 2. The molecule has 3 aliphatic heterocycles. The van der Waals surface area contributed by atoms with Crippen LogP contribution in [0.5, 0.6) is 11.5 Å². The van der Waals surface area contributed by atoms with Crippen molar-refractivity contribution in [1.82, 2.24) is 67.4 Å². The summed E-state index contributed by atoms with van der Waals surface area (Å²) in [5, 5.41) is 90.2. The number of aromatic hydroxyl groups is 2. The molecule has 0 spiro atoms. The number of H-pyrrole nitrogens is 1. The Morgan fingerprint density at radius 2 is 1.26 bits per heavy atom. The summed E-state index contributed by atoms with van der Waals surface area (Å²) >= 11 is 0. The van der Waals surface area contributed by atoms with Gasteiger partial charge in [0.25, 0.3) is 0 Å². The molecule has 0 aliphatic carbocycles. The van der Waals surface area contributed by atoms with E-state index in [-0.39, 0.29) is 120 Å². The largest absolute Gasteiger partial charge is 0.508 e. The summed E-state index contributed by atoms with van der Waals surface area (Å²) in [5.74, 6) is -26.3. The van der Waals surface area contributed by atoms with E-state index in [0.717, 1.165) is 33.4 Å². The smallest absolute Gasteiger partial charge is 0.326 e. The summed E-state index contributed by atoms with van der Waals surface area (Å²) in [7, 11) is 1.80. The molecule has 8 rings (SSSR count). The summed E-state index contributed by atoms with van der Waals surface area (Å²) in [6, 6.07) is 5.87. The molecule has 14 atom stereocenters. The second kappa shape index (κ2) is 48.2. The van der Waals surface area contributed by atoms with Gasteiger partial charge in [-0.15, -0.1) is 5.10 Å². The number of aromatic amines is 1. The van der Waals surface area contributed by atoms with Crippen LogP contribution in [0.25, 0.3) is 10.9 Å². The number of nitrogens with two attached hydrogens (primary N) is 4. The third-order valence-electron chi connectivity index (χ3n) is 22.2. The third-order valence-corrected chi connectivity index (χ3v) is 24.6. The molecule has 5 aromatic rings. The molecule has 10 amide bonds. The van der Waals surface area contributed by atoms with E-state index in [1.807, 2.05) is 0 Å². The van der Waals surface area contributed by atoms with Crippen molar-refractivity contribution < 1.29 is 107 Å². The van der Waals surface area contributed by atoms with Gasteiger partial charge in [-0.05, 0) is 118 Å². The summed E-state index contributed by atoms with van der Waals surface area (Å²) in [6.07, 6.45) is -7.37. The van der Waals surface area contributed by atoms with Gasteiger partial charge in [0, 0.05) is 149 Å². The Bertz CT molecular complexity index is 4720. The number of fused-ring (bicyclic) bond motifs is 12. The van der Waals surface area contributed by atoms with E-state index in [1.165, 1.54) is 59.4 Å². The van der Waals surface area contributed by atoms with Crippen molar-refractivity contribution >= 4 is 138 Å². The molecule has 2 saturated heterocycles. The maximum absolute atomic E-state index is 15.6. The average molecular weight is 1780 g/mol. The molecule has 5 heterocycles. The first-order chi connectivity index (χ1) is 59.5. The quantitative estimate of drug-likeness (QED) is 0.0134. The van der Waals surface area contributed by atoms with Crippen molar-refractivity contribution in [2.45, 2.75) is 197 Å². The molecule has 40 nitrogen and oxygen atoms in total. The zero-order valence-corrected chi connectivity index (χ0v) is 70.7. The van der Waals surface area contributed by atoms with Crippen molar-refractivity contribution in [2.75, 3.05) is 37.7 Å². The number of ketones is 6. The molecule has 42 heteroatoms. The molecular weight excluding hydrogens is 1670 g/mol. The fourth-order valence-electron chi connectivity index (χ4n) is 15.4. The van der Waals surface area contributed by atoms with Crippen LogP contribution in [0.15, 0.2) is 85.2 Å². The SMILES string of the molecule is C[C@@H](O)[C@@H]1NC(=O)[C@H]2CC(=O)[C@@H](NC(=O)CN)CSSC[C@H](NC(=O)[C@H](CCCNC(=N)N)CC(=O)[C@@H]3CCCN3C(=O)[C@H](CC(=O)O)CC1=O)C(=O)C[C@@H](CCCNC(N)=O)C(=O)N[C@@H](Cc1c[nH]c3ccccc13)C(=O)C[C@@H](CCC(N)=O)C(=O)N[C@H](C(=O)C[C@@H](Cc1ccc(O)cc1)C(=O)N[C@H](Cc1ccc(O)cc1)C(=O)O)CCCn1cc(nn1)C2. The van der Waals surface area contributed by atoms with Crippen LogP contribution in [-0.2, 0) is 109 Å². The number of urea groups is 1. The van der Waals surface area contributed by atoms with E-state index in [9.17, 15) is 68.7 Å². The number of carboxylic acids is 2. The number of hydrogen-bond donors (Lipinski definition) is 19. The van der Waals surface area contributed by atoms with Crippen molar-refractivity contribution in [1.29, 1.82) is 5.41 Å². The van der Waals surface area contributed by atoms with Gasteiger partial charge in [-0.25, -0.2) is 9.59 Å². The minimum atomic E-state index is -1.91. The number of amides is 10. The minimum Gasteiger partial charge on any atom is -0.508 e. The van der Waals surface area contributed by atoms with Crippen molar-refractivity contribution in [3.05, 3.63) is 108 Å². The predicted molar refractivity (Wildman–Crippen MR) is 454 cm³/mol. The number of aromatic nitrogens is 4. The number of primary amides is 2. The summed E-state index contributed by atoms with van der Waals surface area (Å²) < 4.78 is 1.26. The lowest BCUT2D eigenvalue weighted by Gasteiger charge is -2.30. The van der Waals surface area contributed by atoms with E-state index in [4.69, 9.17) is 28.3 Å². The molecule has 3 aromatic carbocycles. The standard InChI is InChI=1S/C83H110N18O22S2/c1-44(102)74-70(110)37-52(38-73(113)114)80(120)101-27-7-13-64(101)69(109)34-48(8-4-24-89-82(86)87)76(116)96-63-43-125-124-42-62(92-72(112)39-84)68(108)36-51(79(119)97-74)30-54-41-100(99-98-54)26-6-12-59(65(105)35-50(28-45-14-19-55(103)20-15-45)78(118)95-61(81(121)122)29-46-16-21-56(104)22-17-46)93-77(117)49(18-23-71(85)111)33-66(106)60(31-53-40-91-58-11-3-2-10-57(53)58)94-75(115)47(32-67(63)107)9-5-25-90-83(88)123/h2-3,10-11,14-17,19-22,40-41,44,47-52,59-64,74,91,102-104H,4-9,12-13,18,23-39,42-43,84H2,1H3,(H2,85,111)(H,92,112)(H,93,117)(H,94,115)(H,95,118)(H,96,116)(H,97,119)(H,113,114)(H,121,122)(H4,86,87,89)(H3,88,90,123)/t44-,47-,48-,49-,50-,51-,52+,59+,60+,61-,62+,63+,64+,74+/m1/s1. The molecule has 23 N–H and O–H groups in total. The average Bonchev–Trinajstić information content (AvgIpc) is 1.65. The topological polar surface area (TPSA) is 665 Å². The zero-order chi connectivity index (χ0) is 91.1. The summed E-state index contributed by atoms with van der Waals surface area (Å²) in [5.41, 5.74) is 24.5. The van der Waals surface area contributed by atoms with Gasteiger partial charge < -0.3 is 101 Å². The van der Waals surface area contributed by atoms with Gasteiger partial charge in [-0.3, -0.25) is 82.0 Å². The lowest BCUT2D eigenvalue weighted by molar-refractivity contribution is -0.148. The van der Waals surface area contributed by atoms with Gasteiger partial charge in [0.1, 0.15) is 23.6 Å². The molecular formula is C83H110N18O22S2. The second-order valence-corrected chi connectivity index (χ2v) is 34.3. The van der Waals surface area contributed by atoms with Crippen LogP contribution in [0.2, 0.25) is 0 Å². The number of aliphatic hydroxyl groups excluding tert-OH is 1. The van der Waals surface area contributed by atoms with Gasteiger partial charge in [0.05, 0.1) is 66.8 Å². The Balaban J connectivity index is 1.28. The molecule has 125 heavy (non-hydrogen) atoms. The number of aliphatic hydroxyl groups is 1. The number of nitrogens with zero attached hydrogens (tertiary/aromatic N) is 4. The highest BCUT2D eigenvalue weighted by atomic mass is 33.1. The Morgan fingerprint density at radius 1 is 0.656 bits per heavy atom. The van der Waals surface area contributed by atoms with Crippen LogP contribution in [0, 0.1) is 40.9 Å². The van der Waals surface area contributed by atoms with Gasteiger partial charge >= 0.3 is 18.0 Å². The lowest BCUT2D eigenvalue weighted by atomic mass is 9.88. The highest BCUT2D eigenvalue weighted by Gasteiger charge is 2.44. The summed E-state index contributed by atoms with van der Waals surface area (Å²) in [6.45, 7) is 0.00664. The van der Waals surface area contributed by atoms with Crippen LogP contribution in [0.4, 0.5) is 4.79 Å². The van der Waals surface area contributed by atoms with Crippen molar-refractivity contribution in [3.8, 4) is 11.5 Å². The highest BCUT2D eigenvalue weighted by Crippen LogP contribution is 2.32. The minimum absolute atomic E-state index is 0.00827. The van der Waals surface area contributed by atoms with Crippen LogP contribution in [0.3, 0.4) is 0 Å². The number of Topliss-reactive ketones (excluding diaryl/α,β-unsaturated/α-hetero) is 6. The highest BCUT2D eigenvalue weighted by molar-refractivity contribution is 8.76. The molecule has 2 aromatic heterocycles. The molecule has 2 fully saturated rings. The Labute approximate surface area is 726 Å². The summed E-state index contributed by atoms with van der Waals surface area (Å²) in [4.78, 5) is 250. The first-order valence-corrected chi connectivity index (χ1v) is 43.8. The molecule has 4 bridgehead atoms. The number of phenols is 2. The molecule has 0 radical (unpaired) electrons. The number of carbonyl (C=O) groups excluding carboxylic acids is 15. The Morgan fingerprint density at radius 3 is 1.90 bits per heavy atom. The van der Waals surface area contributed by atoms with Crippen molar-refractivity contribution in [3.63, 3.8) is 0 Å². The number of guanidine groups is 1. The Kier molecular flexibility index (Phi) is 37.9. The van der Waals surface area contributed by atoms with Gasteiger partial charge in [0.15, 0.2) is 40.7 Å². The number of nitrogens with one attached hydrogen (secondary N) is 10. The number of carboxylic acid groups (broad SMARTS) is 2. The van der Waals surface area contributed by atoms with Gasteiger partial charge in [-0.1, -0.05) is 69.3 Å². The number of aliphatic carboxylic acids is 2. The number of aryl methyl sites for hydroxylation is 1. The van der Waals surface area contributed by atoms with Gasteiger partial charge in [-0.2, -0.15) is 0 Å². The van der Waals surface area contributed by atoms with E-state index in [2.05, 4.69) is 57.8 Å². The van der Waals surface area contributed by atoms with E-state index in [1.54, 1.807) is 30.5 Å². The fourth-order valence-corrected chi connectivity index (χ4v) is 17.8. The Hall–Kier alpha value is -12.2. The molecule has 3 aliphatic rings. The normalized spacial score (nSPS) is 23.2. The maximum Gasteiger partial charge on any atom is 0.326 e. The number of para-hydroxylation sites is 1. The zero-order valence-electron chi connectivity index (χ0n) is 69.1. The van der Waals surface area contributed by atoms with E-state index in [0.29, 0.717) is 27.6 Å². The van der Waals surface area contributed by atoms with E-state index < -0.39 is 266 Å². The van der Waals surface area contributed by atoms with Crippen LogP contribution in [0.1, 0.15) is 138 Å². The van der Waals surface area contributed by atoms with Crippen LogP contribution >= 0.6 is 21.6 Å². The lowest BCUT2D eigenvalue weighted by Crippen LogP contribution is -2.52. The maximum atomic E-state index is 15.6. The molecule has 0 unspecified atom stereocenters. The second-order valence-electron chi connectivity index (χ2n) is 31.7.